The van der Waals surface area contributed by atoms with Crippen molar-refractivity contribution in [2.45, 2.75) is 25.7 Å². The van der Waals surface area contributed by atoms with Crippen molar-refractivity contribution in [2.75, 3.05) is 20.1 Å². The molecule has 0 bridgehead atoms. The molecular weight excluding hydrogens is 248 g/mol. The van der Waals surface area contributed by atoms with Crippen molar-refractivity contribution < 1.29 is 4.79 Å². The Balaban J connectivity index is 2.03. The molecule has 1 aromatic carbocycles. The van der Waals surface area contributed by atoms with E-state index >= 15 is 0 Å². The molecule has 1 aromatic rings. The molecule has 1 aliphatic rings. The van der Waals surface area contributed by atoms with Gasteiger partial charge in [0.1, 0.15) is 0 Å². The van der Waals surface area contributed by atoms with Gasteiger partial charge in [0.05, 0.1) is 6.54 Å². The minimum absolute atomic E-state index is 0.0771. The largest absolute Gasteiger partial charge is 0.341 e. The molecule has 0 heterocycles. The molecule has 3 nitrogen and oxygen atoms in total. The summed E-state index contributed by atoms with van der Waals surface area (Å²) in [4.78, 5) is 14.3. The van der Waals surface area contributed by atoms with Crippen molar-refractivity contribution in [1.29, 1.82) is 0 Å². The van der Waals surface area contributed by atoms with Crippen LogP contribution in [0.4, 0.5) is 0 Å². The Bertz CT molecular complexity index is 521. The van der Waals surface area contributed by atoms with Crippen LogP contribution in [0, 0.1) is 17.8 Å². The Labute approximate surface area is 121 Å². The summed E-state index contributed by atoms with van der Waals surface area (Å²) in [7, 11) is 1.89. The molecule has 0 saturated heterocycles. The first-order valence-corrected chi connectivity index (χ1v) is 7.25. The molecule has 106 valence electrons. The van der Waals surface area contributed by atoms with Crippen LogP contribution in [-0.4, -0.2) is 30.9 Å². The van der Waals surface area contributed by atoms with E-state index in [1.54, 1.807) is 0 Å². The Morgan fingerprint density at radius 3 is 2.85 bits per heavy atom. The SMILES string of the molecule is CN(CC1CCCC1)C(=O)c1cccc(C#CCN)c1. The molecule has 2 rings (SSSR count). The average molecular weight is 270 g/mol. The third-order valence-corrected chi connectivity index (χ3v) is 3.80. The summed E-state index contributed by atoms with van der Waals surface area (Å²) >= 11 is 0. The standard InChI is InChI=1S/C17H22N2O/c1-19(13-15-6-2-3-7-15)17(20)16-10-4-8-14(12-16)9-5-11-18/h4,8,10,12,15H,2-3,6-7,11,13,18H2,1H3. The van der Waals surface area contributed by atoms with Gasteiger partial charge in [-0.3, -0.25) is 4.79 Å². The lowest BCUT2D eigenvalue weighted by Gasteiger charge is -2.21. The van der Waals surface area contributed by atoms with E-state index in [9.17, 15) is 4.79 Å². The van der Waals surface area contributed by atoms with Crippen molar-refractivity contribution >= 4 is 5.91 Å². The van der Waals surface area contributed by atoms with Crippen LogP contribution in [0.25, 0.3) is 0 Å². The lowest BCUT2D eigenvalue weighted by Crippen LogP contribution is -2.31. The zero-order valence-electron chi connectivity index (χ0n) is 12.1. The highest BCUT2D eigenvalue weighted by Gasteiger charge is 2.20. The number of carbonyl (C=O) groups is 1. The molecule has 2 N–H and O–H groups in total. The third kappa shape index (κ3) is 3.85. The number of hydrogen-bond donors (Lipinski definition) is 1. The molecule has 1 amide bonds. The highest BCUT2D eigenvalue weighted by atomic mass is 16.2. The first kappa shape index (κ1) is 14.6. The minimum Gasteiger partial charge on any atom is -0.341 e. The fourth-order valence-electron chi connectivity index (χ4n) is 2.77. The monoisotopic (exact) mass is 270 g/mol. The Morgan fingerprint density at radius 1 is 1.40 bits per heavy atom. The van der Waals surface area contributed by atoms with Crippen molar-refractivity contribution in [3.63, 3.8) is 0 Å². The van der Waals surface area contributed by atoms with E-state index in [1.807, 2.05) is 36.2 Å². The highest BCUT2D eigenvalue weighted by molar-refractivity contribution is 5.94. The first-order valence-electron chi connectivity index (χ1n) is 7.25. The van der Waals surface area contributed by atoms with Crippen molar-refractivity contribution in [3.05, 3.63) is 35.4 Å². The van der Waals surface area contributed by atoms with Gasteiger partial charge in [0.15, 0.2) is 0 Å². The van der Waals surface area contributed by atoms with Gasteiger partial charge < -0.3 is 10.6 Å². The van der Waals surface area contributed by atoms with Gasteiger partial charge in [-0.1, -0.05) is 30.7 Å². The number of carbonyl (C=O) groups excluding carboxylic acids is 1. The van der Waals surface area contributed by atoms with Gasteiger partial charge in [-0.2, -0.15) is 0 Å². The van der Waals surface area contributed by atoms with E-state index < -0.39 is 0 Å². The summed E-state index contributed by atoms with van der Waals surface area (Å²) in [6.45, 7) is 1.19. The van der Waals surface area contributed by atoms with Crippen LogP contribution < -0.4 is 5.73 Å². The number of nitrogens with two attached hydrogens (primary N) is 1. The van der Waals surface area contributed by atoms with Gasteiger partial charge >= 0.3 is 0 Å². The number of benzene rings is 1. The number of hydrogen-bond acceptors (Lipinski definition) is 2. The summed E-state index contributed by atoms with van der Waals surface area (Å²) in [5, 5.41) is 0. The van der Waals surface area contributed by atoms with Crippen LogP contribution in [-0.2, 0) is 0 Å². The van der Waals surface area contributed by atoms with Gasteiger partial charge in [-0.25, -0.2) is 0 Å². The molecule has 20 heavy (non-hydrogen) atoms. The van der Waals surface area contributed by atoms with E-state index in [0.29, 0.717) is 18.0 Å². The molecule has 0 atom stereocenters. The van der Waals surface area contributed by atoms with Gasteiger partial charge in [0, 0.05) is 24.7 Å². The average Bonchev–Trinajstić information content (AvgIpc) is 2.97. The fourth-order valence-corrected chi connectivity index (χ4v) is 2.77. The Hall–Kier alpha value is -1.79. The van der Waals surface area contributed by atoms with Crippen LogP contribution in [0.1, 0.15) is 41.6 Å². The van der Waals surface area contributed by atoms with E-state index in [1.165, 1.54) is 25.7 Å². The second-order valence-corrected chi connectivity index (χ2v) is 5.42. The second-order valence-electron chi connectivity index (χ2n) is 5.42. The lowest BCUT2D eigenvalue weighted by molar-refractivity contribution is 0.0773. The fraction of sp³-hybridized carbons (Fsp3) is 0.471. The van der Waals surface area contributed by atoms with Crippen LogP contribution in [0.3, 0.4) is 0 Å². The summed E-state index contributed by atoms with van der Waals surface area (Å²) in [5.74, 6) is 6.53. The topological polar surface area (TPSA) is 46.3 Å². The molecule has 1 saturated carbocycles. The summed E-state index contributed by atoms with van der Waals surface area (Å²) < 4.78 is 0. The molecule has 0 aromatic heterocycles. The zero-order valence-corrected chi connectivity index (χ0v) is 12.1. The van der Waals surface area contributed by atoms with E-state index in [2.05, 4.69) is 11.8 Å². The van der Waals surface area contributed by atoms with Gasteiger partial charge in [-0.15, -0.1) is 0 Å². The third-order valence-electron chi connectivity index (χ3n) is 3.80. The molecule has 3 heteroatoms. The summed E-state index contributed by atoms with van der Waals surface area (Å²) in [5.41, 5.74) is 6.91. The van der Waals surface area contributed by atoms with Gasteiger partial charge in [0.2, 0.25) is 0 Å². The lowest BCUT2D eigenvalue weighted by atomic mass is 10.1. The Kier molecular flexibility index (Phi) is 5.20. The quantitative estimate of drug-likeness (QED) is 0.856. The molecule has 0 unspecified atom stereocenters. The smallest absolute Gasteiger partial charge is 0.253 e. The minimum atomic E-state index is 0.0771. The molecule has 0 spiro atoms. The maximum atomic E-state index is 12.4. The van der Waals surface area contributed by atoms with Crippen molar-refractivity contribution in [1.82, 2.24) is 4.90 Å². The second kappa shape index (κ2) is 7.12. The number of amides is 1. The van der Waals surface area contributed by atoms with Crippen LogP contribution in [0.15, 0.2) is 24.3 Å². The van der Waals surface area contributed by atoms with Crippen molar-refractivity contribution in [3.8, 4) is 11.8 Å². The Morgan fingerprint density at radius 2 is 2.15 bits per heavy atom. The predicted molar refractivity (Wildman–Crippen MR) is 81.3 cm³/mol. The zero-order chi connectivity index (χ0) is 14.4. The summed E-state index contributed by atoms with van der Waals surface area (Å²) in [6, 6.07) is 7.46. The maximum absolute atomic E-state index is 12.4. The van der Waals surface area contributed by atoms with Crippen LogP contribution >= 0.6 is 0 Å². The van der Waals surface area contributed by atoms with Crippen LogP contribution in [0.5, 0.6) is 0 Å². The predicted octanol–water partition coefficient (Wildman–Crippen LogP) is 2.26. The van der Waals surface area contributed by atoms with Crippen molar-refractivity contribution in [2.24, 2.45) is 11.7 Å². The normalized spacial score (nSPS) is 14.7. The first-order chi connectivity index (χ1) is 9.70. The van der Waals surface area contributed by atoms with E-state index in [-0.39, 0.29) is 5.91 Å². The molecule has 0 aliphatic heterocycles. The van der Waals surface area contributed by atoms with Crippen LogP contribution in [0.2, 0.25) is 0 Å². The molecule has 1 aliphatic carbocycles. The maximum Gasteiger partial charge on any atom is 0.253 e. The van der Waals surface area contributed by atoms with Gasteiger partial charge in [-0.05, 0) is 37.0 Å². The molecular formula is C17H22N2O. The number of nitrogens with zero attached hydrogens (tertiary/aromatic N) is 1. The van der Waals surface area contributed by atoms with E-state index in [0.717, 1.165) is 12.1 Å². The van der Waals surface area contributed by atoms with Gasteiger partial charge in [0.25, 0.3) is 5.91 Å². The van der Waals surface area contributed by atoms with E-state index in [4.69, 9.17) is 5.73 Å². The molecule has 0 radical (unpaired) electrons. The summed E-state index contributed by atoms with van der Waals surface area (Å²) in [6.07, 6.45) is 5.10. The highest BCUT2D eigenvalue weighted by Crippen LogP contribution is 2.25. The number of rotatable bonds is 3. The molecule has 1 fully saturated rings.